The molecule has 1 heterocycles. The van der Waals surface area contributed by atoms with Crippen LogP contribution in [0.5, 0.6) is 5.75 Å². The Hall–Kier alpha value is -2.49. The lowest BCUT2D eigenvalue weighted by molar-refractivity contribution is 0.176. The second-order valence-corrected chi connectivity index (χ2v) is 5.30. The molecule has 4 heteroatoms. The zero-order chi connectivity index (χ0) is 14.8. The van der Waals surface area contributed by atoms with E-state index in [0.29, 0.717) is 6.61 Å². The fraction of sp³-hybridized carbons (Fsp3) is 0.235. The van der Waals surface area contributed by atoms with Gasteiger partial charge in [0.15, 0.2) is 0 Å². The van der Waals surface area contributed by atoms with Crippen molar-refractivity contribution in [1.29, 1.82) is 0 Å². The molecule has 1 aliphatic heterocycles. The Labute approximate surface area is 123 Å². The first-order valence-electron chi connectivity index (χ1n) is 6.93. The van der Waals surface area contributed by atoms with Crippen molar-refractivity contribution in [2.75, 3.05) is 6.61 Å². The van der Waals surface area contributed by atoms with Crippen LogP contribution in [0.4, 0.5) is 4.79 Å². The summed E-state index contributed by atoms with van der Waals surface area (Å²) in [5.41, 5.74) is 2.82. The maximum Gasteiger partial charge on any atom is 0.407 e. The lowest BCUT2D eigenvalue weighted by Gasteiger charge is -2.24. The molecule has 0 saturated carbocycles. The van der Waals surface area contributed by atoms with E-state index in [4.69, 9.17) is 4.74 Å². The van der Waals surface area contributed by atoms with E-state index in [1.807, 2.05) is 49.4 Å². The molecule has 1 saturated heterocycles. The van der Waals surface area contributed by atoms with Gasteiger partial charge in [0, 0.05) is 11.5 Å². The molecule has 4 nitrogen and oxygen atoms in total. The number of alkyl carbamates (subject to hydrolysis) is 1. The average molecular weight is 283 g/mol. The van der Waals surface area contributed by atoms with E-state index in [1.165, 1.54) is 0 Å². The van der Waals surface area contributed by atoms with Crippen LogP contribution in [0.15, 0.2) is 48.5 Å². The van der Waals surface area contributed by atoms with Crippen molar-refractivity contribution in [3.05, 3.63) is 65.2 Å². The fourth-order valence-corrected chi connectivity index (χ4v) is 2.79. The van der Waals surface area contributed by atoms with E-state index in [1.54, 1.807) is 6.07 Å². The molecule has 0 aromatic heterocycles. The SMILES string of the molecule is Cc1ccc(C(c2ccccc2)C2COC(=O)N2)c(O)c1. The van der Waals surface area contributed by atoms with Gasteiger partial charge in [-0.15, -0.1) is 0 Å². The molecule has 0 aliphatic carbocycles. The van der Waals surface area contributed by atoms with Crippen molar-refractivity contribution in [2.24, 2.45) is 0 Å². The molecule has 0 spiro atoms. The Morgan fingerprint density at radius 2 is 2.00 bits per heavy atom. The summed E-state index contributed by atoms with van der Waals surface area (Å²) < 4.78 is 5.02. The molecule has 0 radical (unpaired) electrons. The second-order valence-electron chi connectivity index (χ2n) is 5.30. The third kappa shape index (κ3) is 2.70. The molecule has 108 valence electrons. The third-order valence-electron chi connectivity index (χ3n) is 3.78. The number of amides is 1. The number of hydrogen-bond donors (Lipinski definition) is 2. The molecule has 2 aromatic rings. The zero-order valence-corrected chi connectivity index (χ0v) is 11.7. The predicted molar refractivity (Wildman–Crippen MR) is 79.4 cm³/mol. The van der Waals surface area contributed by atoms with Gasteiger partial charge in [-0.1, -0.05) is 42.5 Å². The number of cyclic esters (lactones) is 1. The number of aryl methyl sites for hydroxylation is 1. The highest BCUT2D eigenvalue weighted by molar-refractivity contribution is 5.70. The van der Waals surface area contributed by atoms with Crippen molar-refractivity contribution >= 4 is 6.09 Å². The first-order chi connectivity index (χ1) is 10.1. The van der Waals surface area contributed by atoms with Crippen molar-refractivity contribution in [3.8, 4) is 5.75 Å². The largest absolute Gasteiger partial charge is 0.508 e. The smallest absolute Gasteiger partial charge is 0.407 e. The van der Waals surface area contributed by atoms with Crippen LogP contribution in [0.1, 0.15) is 22.6 Å². The minimum atomic E-state index is -0.410. The van der Waals surface area contributed by atoms with Crippen molar-refractivity contribution in [1.82, 2.24) is 5.32 Å². The lowest BCUT2D eigenvalue weighted by atomic mass is 9.84. The topological polar surface area (TPSA) is 58.6 Å². The van der Waals surface area contributed by atoms with Crippen LogP contribution in [0.3, 0.4) is 0 Å². The van der Waals surface area contributed by atoms with Gasteiger partial charge in [0.25, 0.3) is 0 Å². The molecule has 2 aromatic carbocycles. The summed E-state index contributed by atoms with van der Waals surface area (Å²) in [4.78, 5) is 11.4. The van der Waals surface area contributed by atoms with Gasteiger partial charge in [-0.05, 0) is 24.1 Å². The number of hydrogen-bond acceptors (Lipinski definition) is 3. The number of nitrogens with one attached hydrogen (secondary N) is 1. The van der Waals surface area contributed by atoms with E-state index in [9.17, 15) is 9.90 Å². The Bertz CT molecular complexity index is 654. The molecule has 1 fully saturated rings. The third-order valence-corrected chi connectivity index (χ3v) is 3.78. The Kier molecular flexibility index (Phi) is 3.52. The monoisotopic (exact) mass is 283 g/mol. The van der Waals surface area contributed by atoms with E-state index < -0.39 is 6.09 Å². The maximum atomic E-state index is 11.4. The van der Waals surface area contributed by atoms with E-state index in [-0.39, 0.29) is 17.7 Å². The molecule has 3 rings (SSSR count). The summed E-state index contributed by atoms with van der Waals surface area (Å²) in [7, 11) is 0. The van der Waals surface area contributed by atoms with E-state index in [0.717, 1.165) is 16.7 Å². The molecular formula is C17H17NO3. The van der Waals surface area contributed by atoms with Crippen LogP contribution in [-0.4, -0.2) is 23.8 Å². The fourth-order valence-electron chi connectivity index (χ4n) is 2.79. The predicted octanol–water partition coefficient (Wildman–Crippen LogP) is 2.94. The average Bonchev–Trinajstić information content (AvgIpc) is 2.89. The summed E-state index contributed by atoms with van der Waals surface area (Å²) >= 11 is 0. The van der Waals surface area contributed by atoms with Gasteiger partial charge >= 0.3 is 6.09 Å². The van der Waals surface area contributed by atoms with Crippen LogP contribution in [0.25, 0.3) is 0 Å². The molecule has 2 N–H and O–H groups in total. The molecule has 1 aliphatic rings. The molecule has 2 unspecified atom stereocenters. The number of rotatable bonds is 3. The Morgan fingerprint density at radius 3 is 2.62 bits per heavy atom. The number of phenols is 1. The van der Waals surface area contributed by atoms with Crippen LogP contribution >= 0.6 is 0 Å². The Balaban J connectivity index is 2.05. The standard InChI is InChI=1S/C17H17NO3/c1-11-7-8-13(15(19)9-11)16(12-5-3-2-4-6-12)14-10-21-17(20)18-14/h2-9,14,16,19H,10H2,1H3,(H,18,20). The van der Waals surface area contributed by atoms with Gasteiger partial charge in [-0.3, -0.25) is 0 Å². The normalized spacial score (nSPS) is 18.9. The van der Waals surface area contributed by atoms with E-state index in [2.05, 4.69) is 5.32 Å². The number of phenolic OH excluding ortho intramolecular Hbond substituents is 1. The van der Waals surface area contributed by atoms with Crippen molar-refractivity contribution in [2.45, 2.75) is 18.9 Å². The minimum absolute atomic E-state index is 0.141. The van der Waals surface area contributed by atoms with Gasteiger partial charge in [0.05, 0.1) is 6.04 Å². The van der Waals surface area contributed by atoms with Gasteiger partial charge in [0.1, 0.15) is 12.4 Å². The number of carbonyl (C=O) groups is 1. The summed E-state index contributed by atoms with van der Waals surface area (Å²) in [6, 6.07) is 15.3. The lowest BCUT2D eigenvalue weighted by Crippen LogP contribution is -2.33. The van der Waals surface area contributed by atoms with Crippen LogP contribution in [0, 0.1) is 6.92 Å². The van der Waals surface area contributed by atoms with Crippen molar-refractivity contribution < 1.29 is 14.6 Å². The highest BCUT2D eigenvalue weighted by atomic mass is 16.6. The van der Waals surface area contributed by atoms with Crippen LogP contribution in [0.2, 0.25) is 0 Å². The van der Waals surface area contributed by atoms with Crippen LogP contribution < -0.4 is 5.32 Å². The first kappa shape index (κ1) is 13.5. The number of ether oxygens (including phenoxy) is 1. The highest BCUT2D eigenvalue weighted by Gasteiger charge is 2.33. The van der Waals surface area contributed by atoms with Gasteiger partial charge in [0.2, 0.25) is 0 Å². The molecular weight excluding hydrogens is 266 g/mol. The maximum absolute atomic E-state index is 11.4. The zero-order valence-electron chi connectivity index (χ0n) is 11.7. The summed E-state index contributed by atoms with van der Waals surface area (Å²) in [6.07, 6.45) is -0.410. The van der Waals surface area contributed by atoms with Gasteiger partial charge < -0.3 is 15.2 Å². The summed E-state index contributed by atoms with van der Waals surface area (Å²) in [6.45, 7) is 2.23. The molecule has 21 heavy (non-hydrogen) atoms. The second kappa shape index (κ2) is 5.48. The molecule has 2 atom stereocenters. The van der Waals surface area contributed by atoms with Crippen molar-refractivity contribution in [3.63, 3.8) is 0 Å². The molecule has 1 amide bonds. The number of aromatic hydroxyl groups is 1. The summed E-state index contributed by atoms with van der Waals surface area (Å²) in [5.74, 6) is 0.100. The number of carbonyl (C=O) groups excluding carboxylic acids is 1. The quantitative estimate of drug-likeness (QED) is 0.910. The highest BCUT2D eigenvalue weighted by Crippen LogP contribution is 2.35. The first-order valence-corrected chi connectivity index (χ1v) is 6.93. The number of benzene rings is 2. The van der Waals surface area contributed by atoms with E-state index >= 15 is 0 Å². The summed E-state index contributed by atoms with van der Waals surface area (Å²) in [5, 5.41) is 13.1. The van der Waals surface area contributed by atoms with Gasteiger partial charge in [-0.25, -0.2) is 4.79 Å². The van der Waals surface area contributed by atoms with Crippen LogP contribution in [-0.2, 0) is 4.74 Å². The minimum Gasteiger partial charge on any atom is -0.508 e. The Morgan fingerprint density at radius 1 is 1.24 bits per heavy atom. The van der Waals surface area contributed by atoms with Gasteiger partial charge in [-0.2, -0.15) is 0 Å². The molecule has 0 bridgehead atoms.